The number of carbonyl (C=O) groups excluding carboxylic acids is 4. The van der Waals surface area contributed by atoms with Crippen LogP contribution in [0.25, 0.3) is 0 Å². The van der Waals surface area contributed by atoms with E-state index in [4.69, 9.17) is 37.9 Å². The molecule has 0 aromatic heterocycles. The smallest absolute Gasteiger partial charge is 0.408 e. The maximum atomic E-state index is 17.6. The van der Waals surface area contributed by atoms with Crippen LogP contribution in [-0.2, 0) is 85.3 Å². The second-order valence-electron chi connectivity index (χ2n) is 16.9. The highest BCUT2D eigenvalue weighted by atomic mass is 19.3. The number of ether oxygens (including phenoxy) is 8. The molecule has 71 heavy (non-hydrogen) atoms. The van der Waals surface area contributed by atoms with Crippen LogP contribution in [0.1, 0.15) is 48.1 Å². The molecule has 0 spiro atoms. The Bertz CT molecular complexity index is 2370. The fourth-order valence-corrected chi connectivity index (χ4v) is 7.64. The number of alkyl halides is 2. The Hall–Kier alpha value is -6.60. The van der Waals surface area contributed by atoms with Gasteiger partial charge in [-0.15, -0.1) is 0 Å². The monoisotopic (exact) mass is 981 g/mol. The average Bonchev–Trinajstić information content (AvgIpc) is 3.39. The third kappa shape index (κ3) is 17.0. The van der Waals surface area contributed by atoms with Gasteiger partial charge < -0.3 is 53.8 Å². The minimum absolute atomic E-state index is 0.0391. The van der Waals surface area contributed by atoms with E-state index in [0.29, 0.717) is 5.56 Å². The number of halogens is 2. The number of alkyl carbamates (subject to hydrolysis) is 1. The lowest BCUT2D eigenvalue weighted by Gasteiger charge is -2.48. The molecule has 0 radical (unpaired) electrons. The van der Waals surface area contributed by atoms with Gasteiger partial charge in [-0.25, -0.2) is 18.4 Å². The number of amides is 3. The highest BCUT2D eigenvalue weighted by molar-refractivity contribution is 5.92. The molecule has 1 aliphatic heterocycles. The molecule has 0 bridgehead atoms. The van der Waals surface area contributed by atoms with Crippen LogP contribution in [0.5, 0.6) is 0 Å². The maximum absolute atomic E-state index is 17.6. The van der Waals surface area contributed by atoms with E-state index < -0.39 is 91.7 Å². The number of rotatable bonds is 26. The molecule has 1 saturated heterocycles. The van der Waals surface area contributed by atoms with Gasteiger partial charge in [-0.05, 0) is 41.7 Å². The Morgan fingerprint density at radius 2 is 1.00 bits per heavy atom. The standard InChI is InChI=1S/C54H61F2N3O12/c1-37(50(60)58-38(2)52(62)68-33-42-25-15-7-16-26-42)57-51(61)44(59-53(63)69-34-43-27-17-8-18-28-43)29-54(55,56)49-48(70-36-64-3)47(67-32-41-23-13-6-14-24-41)46(66-31-40-21-11-5-12-22-40)45(71-49)35-65-30-39-19-9-4-10-20-39/h4-28,37-38,44-49H,29-36H2,1-3H3,(H,57,61)(H,58,60)(H,59,63)/t37-,38-,44?,45+,46-,47-,48+,49-/m0/s1. The molecule has 1 aliphatic rings. The predicted octanol–water partition coefficient (Wildman–Crippen LogP) is 7.20. The van der Waals surface area contributed by atoms with E-state index in [0.717, 1.165) is 22.3 Å². The van der Waals surface area contributed by atoms with Crippen LogP contribution in [-0.4, -0.2) is 99.0 Å². The average molecular weight is 982 g/mol. The van der Waals surface area contributed by atoms with Gasteiger partial charge in [0.15, 0.2) is 6.10 Å². The summed E-state index contributed by atoms with van der Waals surface area (Å²) in [5.74, 6) is -6.77. The molecule has 0 saturated carbocycles. The number of hydrogen-bond acceptors (Lipinski definition) is 12. The quantitative estimate of drug-likeness (QED) is 0.0376. The maximum Gasteiger partial charge on any atom is 0.408 e. The van der Waals surface area contributed by atoms with E-state index in [2.05, 4.69) is 16.0 Å². The first-order chi connectivity index (χ1) is 34.4. The molecule has 1 fully saturated rings. The molecular weight excluding hydrogens is 921 g/mol. The van der Waals surface area contributed by atoms with Crippen molar-refractivity contribution in [3.05, 3.63) is 179 Å². The van der Waals surface area contributed by atoms with E-state index in [-0.39, 0.29) is 39.6 Å². The zero-order valence-corrected chi connectivity index (χ0v) is 39.9. The van der Waals surface area contributed by atoms with Crippen LogP contribution >= 0.6 is 0 Å². The van der Waals surface area contributed by atoms with Crippen molar-refractivity contribution in [2.45, 2.75) is 108 Å². The summed E-state index contributed by atoms with van der Waals surface area (Å²) in [6.45, 7) is 1.82. The Kier molecular flexibility index (Phi) is 21.0. The van der Waals surface area contributed by atoms with Crippen LogP contribution < -0.4 is 16.0 Å². The zero-order chi connectivity index (χ0) is 50.4. The van der Waals surface area contributed by atoms with E-state index in [1.807, 2.05) is 97.1 Å². The highest BCUT2D eigenvalue weighted by Gasteiger charge is 2.58. The normalized spacial score (nSPS) is 19.1. The number of carbonyl (C=O) groups is 4. The van der Waals surface area contributed by atoms with Gasteiger partial charge >= 0.3 is 12.1 Å². The predicted molar refractivity (Wildman–Crippen MR) is 256 cm³/mol. The first kappa shape index (κ1) is 53.7. The van der Waals surface area contributed by atoms with Crippen molar-refractivity contribution in [3.8, 4) is 0 Å². The summed E-state index contributed by atoms with van der Waals surface area (Å²) in [5.41, 5.74) is 3.67. The molecule has 5 aromatic rings. The molecule has 17 heteroatoms. The Morgan fingerprint density at radius 3 is 1.51 bits per heavy atom. The van der Waals surface area contributed by atoms with Crippen LogP contribution in [0.15, 0.2) is 152 Å². The van der Waals surface area contributed by atoms with Crippen molar-refractivity contribution in [3.63, 3.8) is 0 Å². The van der Waals surface area contributed by atoms with Crippen LogP contribution in [0.3, 0.4) is 0 Å². The summed E-state index contributed by atoms with van der Waals surface area (Å²) < 4.78 is 82.9. The van der Waals surface area contributed by atoms with Gasteiger partial charge in [-0.2, -0.15) is 0 Å². The third-order valence-corrected chi connectivity index (χ3v) is 11.4. The molecule has 1 unspecified atom stereocenters. The van der Waals surface area contributed by atoms with E-state index >= 15 is 8.78 Å². The first-order valence-corrected chi connectivity index (χ1v) is 23.2. The number of nitrogens with one attached hydrogen (secondary N) is 3. The van der Waals surface area contributed by atoms with E-state index in [9.17, 15) is 19.2 Å². The van der Waals surface area contributed by atoms with Crippen LogP contribution in [0.4, 0.5) is 13.6 Å². The number of hydrogen-bond donors (Lipinski definition) is 3. The van der Waals surface area contributed by atoms with Gasteiger partial charge in [0.25, 0.3) is 5.92 Å². The molecule has 15 nitrogen and oxygen atoms in total. The van der Waals surface area contributed by atoms with Crippen molar-refractivity contribution in [2.24, 2.45) is 0 Å². The van der Waals surface area contributed by atoms with Gasteiger partial charge in [0.2, 0.25) is 11.8 Å². The van der Waals surface area contributed by atoms with Gasteiger partial charge in [-0.3, -0.25) is 9.59 Å². The minimum Gasteiger partial charge on any atom is -0.459 e. The summed E-state index contributed by atoms with van der Waals surface area (Å²) in [7, 11) is 1.33. The topological polar surface area (TPSA) is 178 Å². The van der Waals surface area contributed by atoms with Crippen molar-refractivity contribution in [1.29, 1.82) is 0 Å². The second kappa shape index (κ2) is 27.7. The largest absolute Gasteiger partial charge is 0.459 e. The van der Waals surface area contributed by atoms with Crippen molar-refractivity contribution in [2.75, 3.05) is 20.5 Å². The number of methoxy groups -OCH3 is 1. The minimum atomic E-state index is -4.02. The first-order valence-electron chi connectivity index (χ1n) is 23.2. The molecule has 378 valence electrons. The fourth-order valence-electron chi connectivity index (χ4n) is 7.64. The molecule has 3 amide bonds. The van der Waals surface area contributed by atoms with Crippen molar-refractivity contribution >= 4 is 23.9 Å². The van der Waals surface area contributed by atoms with Gasteiger partial charge in [0.1, 0.15) is 62.5 Å². The van der Waals surface area contributed by atoms with E-state index in [1.165, 1.54) is 21.0 Å². The Balaban J connectivity index is 1.27. The zero-order valence-electron chi connectivity index (χ0n) is 39.9. The Labute approximate surface area is 412 Å². The lowest BCUT2D eigenvalue weighted by atomic mass is 9.88. The second-order valence-corrected chi connectivity index (χ2v) is 16.9. The molecule has 3 N–H and O–H groups in total. The summed E-state index contributed by atoms with van der Waals surface area (Å²) in [4.78, 5) is 53.7. The van der Waals surface area contributed by atoms with Gasteiger partial charge in [-0.1, -0.05) is 152 Å². The van der Waals surface area contributed by atoms with Crippen molar-refractivity contribution < 1.29 is 65.9 Å². The highest BCUT2D eigenvalue weighted by Crippen LogP contribution is 2.39. The van der Waals surface area contributed by atoms with Gasteiger partial charge in [0, 0.05) is 13.5 Å². The lowest BCUT2D eigenvalue weighted by molar-refractivity contribution is -0.317. The SMILES string of the molecule is COCO[C@@H]1[C@@H](OCc2ccccc2)[C@@H](OCc2ccccc2)[C@@H](COCc2ccccc2)O[C@@H]1C(F)(F)CC(NC(=O)OCc1ccccc1)C(=O)N[C@@H](C)C(=O)N[C@@H](C)C(=O)OCc1ccccc1. The molecule has 0 aliphatic carbocycles. The summed E-state index contributed by atoms with van der Waals surface area (Å²) in [6, 6.07) is 40.6. The number of benzene rings is 5. The molecule has 5 aromatic carbocycles. The fraction of sp³-hybridized carbons (Fsp3) is 0.370. The van der Waals surface area contributed by atoms with Crippen molar-refractivity contribution in [1.82, 2.24) is 16.0 Å². The van der Waals surface area contributed by atoms with Crippen LogP contribution in [0.2, 0.25) is 0 Å². The summed E-state index contributed by atoms with van der Waals surface area (Å²) >= 11 is 0. The molecule has 8 atom stereocenters. The molecule has 6 rings (SSSR count). The summed E-state index contributed by atoms with van der Waals surface area (Å²) in [6.07, 6.45) is -9.90. The summed E-state index contributed by atoms with van der Waals surface area (Å²) in [5, 5.41) is 7.17. The third-order valence-electron chi connectivity index (χ3n) is 11.4. The van der Waals surface area contributed by atoms with Gasteiger partial charge in [0.05, 0.1) is 26.4 Å². The Morgan fingerprint density at radius 1 is 0.549 bits per heavy atom. The molecule has 1 heterocycles. The molecular formula is C54H61F2N3O12. The number of esters is 1. The van der Waals surface area contributed by atoms with E-state index in [1.54, 1.807) is 54.6 Å². The lowest BCUT2D eigenvalue weighted by Crippen LogP contribution is -2.66. The van der Waals surface area contributed by atoms with Crippen LogP contribution in [0, 0.1) is 0 Å².